The van der Waals surface area contributed by atoms with Crippen LogP contribution in [0.2, 0.25) is 0 Å². The van der Waals surface area contributed by atoms with Crippen molar-refractivity contribution in [1.29, 1.82) is 0 Å². The van der Waals surface area contributed by atoms with E-state index in [-0.39, 0.29) is 13.0 Å². The number of carbonyl (C=O) groups excluding carboxylic acids is 2. The SMILES string of the molecule is CCCCCCCCCCCCCCCCCCCC(O)(O)NCC(=O)[O-].C[N+](C)(C)CC(=O)[O-]. The summed E-state index contributed by atoms with van der Waals surface area (Å²) in [5, 5.41) is 41.4. The maximum atomic E-state index is 10.3. The number of nitrogens with one attached hydrogen (secondary N) is 1. The molecule has 0 atom stereocenters. The molecule has 0 saturated carbocycles. The van der Waals surface area contributed by atoms with Gasteiger partial charge < -0.3 is 34.5 Å². The lowest BCUT2D eigenvalue weighted by Crippen LogP contribution is -2.49. The Hall–Kier alpha value is -1.22. The van der Waals surface area contributed by atoms with Crippen LogP contribution in [0, 0.1) is 0 Å². The van der Waals surface area contributed by atoms with Gasteiger partial charge in [-0.25, -0.2) is 0 Å². The number of rotatable bonds is 23. The second-order valence-corrected chi connectivity index (χ2v) is 10.8. The van der Waals surface area contributed by atoms with Gasteiger partial charge >= 0.3 is 0 Å². The largest absolute Gasteiger partial charge is 0.549 e. The van der Waals surface area contributed by atoms with E-state index in [1.54, 1.807) is 21.1 Å². The van der Waals surface area contributed by atoms with Crippen LogP contribution in [0.1, 0.15) is 122 Å². The normalized spacial score (nSPS) is 11.7. The highest BCUT2D eigenvalue weighted by molar-refractivity contribution is 5.66. The molecule has 210 valence electrons. The highest BCUT2D eigenvalue weighted by Crippen LogP contribution is 2.15. The molecule has 0 radical (unpaired) electrons. The van der Waals surface area contributed by atoms with E-state index in [0.717, 1.165) is 12.8 Å². The first-order valence-electron chi connectivity index (χ1n) is 13.8. The maximum Gasteiger partial charge on any atom is 0.222 e. The number of carboxylic acid groups (broad SMARTS) is 2. The van der Waals surface area contributed by atoms with Crippen LogP contribution in [0.4, 0.5) is 0 Å². The average Bonchev–Trinajstić information content (AvgIpc) is 2.73. The predicted octanol–water partition coefficient (Wildman–Crippen LogP) is 2.45. The molecule has 3 N–H and O–H groups in total. The minimum Gasteiger partial charge on any atom is -0.549 e. The molecule has 8 heteroatoms. The summed E-state index contributed by atoms with van der Waals surface area (Å²) in [6, 6.07) is 0. The van der Waals surface area contributed by atoms with Crippen molar-refractivity contribution in [3.63, 3.8) is 0 Å². The van der Waals surface area contributed by atoms with E-state index in [0.29, 0.717) is 10.9 Å². The topological polar surface area (TPSA) is 133 Å². The number of nitrogens with zero attached hydrogens (tertiary/aromatic N) is 1. The lowest BCUT2D eigenvalue weighted by Gasteiger charge is -2.23. The Balaban J connectivity index is 0. The zero-order valence-corrected chi connectivity index (χ0v) is 23.1. The van der Waals surface area contributed by atoms with Gasteiger partial charge in [0.1, 0.15) is 6.54 Å². The smallest absolute Gasteiger partial charge is 0.222 e. The molecule has 0 aliphatic rings. The summed E-state index contributed by atoms with van der Waals surface area (Å²) in [4.78, 5) is 20.2. The molecule has 0 rings (SSSR count). The minimum absolute atomic E-state index is 0.0694. The summed E-state index contributed by atoms with van der Waals surface area (Å²) in [7, 11) is 5.40. The number of hydrogen-bond donors (Lipinski definition) is 3. The molecule has 0 amide bonds. The lowest BCUT2D eigenvalue weighted by molar-refractivity contribution is -0.864. The maximum absolute atomic E-state index is 10.3. The third kappa shape index (κ3) is 35.0. The number of aliphatic hydroxyl groups is 2. The fourth-order valence-electron chi connectivity index (χ4n) is 3.79. The monoisotopic (exact) mass is 503 g/mol. The molecule has 0 saturated heterocycles. The summed E-state index contributed by atoms with van der Waals surface area (Å²) >= 11 is 0. The molecule has 0 bridgehead atoms. The zero-order chi connectivity index (χ0) is 27.0. The van der Waals surface area contributed by atoms with Crippen LogP contribution >= 0.6 is 0 Å². The molecule has 0 aromatic rings. The Kier molecular flexibility index (Phi) is 23.8. The molecule has 0 fully saturated rings. The van der Waals surface area contributed by atoms with Gasteiger partial charge in [-0.05, 0) is 6.42 Å². The average molecular weight is 504 g/mol. The number of carboxylic acids is 2. The quantitative estimate of drug-likeness (QED) is 0.111. The van der Waals surface area contributed by atoms with E-state index in [9.17, 15) is 30.0 Å². The Labute approximate surface area is 214 Å². The fraction of sp³-hybridized carbons (Fsp3) is 0.926. The van der Waals surface area contributed by atoms with Gasteiger partial charge in [0.25, 0.3) is 0 Å². The van der Waals surface area contributed by atoms with Gasteiger partial charge in [-0.1, -0.05) is 110 Å². The summed E-state index contributed by atoms with van der Waals surface area (Å²) in [6.07, 6.45) is 21.8. The zero-order valence-electron chi connectivity index (χ0n) is 23.1. The second-order valence-electron chi connectivity index (χ2n) is 10.8. The van der Waals surface area contributed by atoms with Crippen molar-refractivity contribution in [1.82, 2.24) is 5.32 Å². The molecule has 0 unspecified atom stereocenters. The van der Waals surface area contributed by atoms with Crippen LogP contribution in [0.5, 0.6) is 0 Å². The van der Waals surface area contributed by atoms with Gasteiger partial charge in [0.05, 0.1) is 33.1 Å². The van der Waals surface area contributed by atoms with Crippen molar-refractivity contribution in [2.24, 2.45) is 0 Å². The Bertz CT molecular complexity index is 506. The molecule has 0 spiro atoms. The Morgan fingerprint density at radius 3 is 1.26 bits per heavy atom. The van der Waals surface area contributed by atoms with Gasteiger partial charge in [-0.15, -0.1) is 0 Å². The van der Waals surface area contributed by atoms with Gasteiger partial charge in [-0.2, -0.15) is 0 Å². The first-order valence-corrected chi connectivity index (χ1v) is 13.8. The van der Waals surface area contributed by atoms with E-state index in [1.165, 1.54) is 89.9 Å². The van der Waals surface area contributed by atoms with Crippen molar-refractivity contribution in [3.05, 3.63) is 0 Å². The van der Waals surface area contributed by atoms with Crippen molar-refractivity contribution in [3.8, 4) is 0 Å². The van der Waals surface area contributed by atoms with Crippen molar-refractivity contribution >= 4 is 11.9 Å². The van der Waals surface area contributed by atoms with Crippen LogP contribution in [0.15, 0.2) is 0 Å². The Morgan fingerprint density at radius 1 is 0.657 bits per heavy atom. The summed E-state index contributed by atoms with van der Waals surface area (Å²) in [5.41, 5.74) is 0. The van der Waals surface area contributed by atoms with Crippen LogP contribution in [-0.2, 0) is 9.59 Å². The molecule has 0 aliphatic carbocycles. The standard InChI is InChI=1S/C22H45NO4.C5H11NO2/c1-2-3-4-5-6-7-8-9-10-11-12-13-14-15-16-17-18-19-22(26,27)23-20-21(24)25;1-6(2,3)4-5(7)8/h23,26-27H,2-20H2,1H3,(H,24,25);4H2,1-3H3/p-1. The molecular weight excluding hydrogens is 448 g/mol. The summed E-state index contributed by atoms with van der Waals surface area (Å²) < 4.78 is 0.419. The molecule has 0 heterocycles. The first kappa shape index (κ1) is 35.9. The summed E-state index contributed by atoms with van der Waals surface area (Å²) in [6.45, 7) is 1.78. The third-order valence-electron chi connectivity index (χ3n) is 5.75. The molecular formula is C27H55N2O6-. The van der Waals surface area contributed by atoms with Crippen LogP contribution < -0.4 is 15.5 Å². The molecule has 8 nitrogen and oxygen atoms in total. The highest BCUT2D eigenvalue weighted by Gasteiger charge is 2.20. The second kappa shape index (κ2) is 23.2. The number of quaternary nitrogens is 1. The van der Waals surface area contributed by atoms with Crippen LogP contribution in [-0.4, -0.2) is 66.8 Å². The van der Waals surface area contributed by atoms with E-state index in [1.807, 2.05) is 0 Å². The number of carbonyl (C=O) groups is 2. The van der Waals surface area contributed by atoms with Gasteiger partial charge in [0.15, 0.2) is 0 Å². The molecule has 0 aliphatic heterocycles. The Morgan fingerprint density at radius 2 is 1.00 bits per heavy atom. The first-order chi connectivity index (χ1) is 16.4. The molecule has 0 aromatic carbocycles. The lowest BCUT2D eigenvalue weighted by atomic mass is 10.0. The van der Waals surface area contributed by atoms with Gasteiger partial charge in [0, 0.05) is 13.0 Å². The van der Waals surface area contributed by atoms with Gasteiger partial charge in [0.2, 0.25) is 5.91 Å². The van der Waals surface area contributed by atoms with E-state index < -0.39 is 24.4 Å². The minimum atomic E-state index is -2.10. The number of hydrogen-bond acceptors (Lipinski definition) is 7. The number of aliphatic carboxylic acids is 2. The van der Waals surface area contributed by atoms with E-state index >= 15 is 0 Å². The highest BCUT2D eigenvalue weighted by atomic mass is 16.5. The predicted molar refractivity (Wildman–Crippen MR) is 137 cm³/mol. The molecule has 0 aromatic heterocycles. The van der Waals surface area contributed by atoms with Gasteiger partial charge in [-0.3, -0.25) is 5.32 Å². The number of unbranched alkanes of at least 4 members (excludes halogenated alkanes) is 16. The number of likely N-dealkylation sites (N-methyl/N-ethyl adjacent to an activating group) is 1. The van der Waals surface area contributed by atoms with E-state index in [2.05, 4.69) is 12.2 Å². The molecule has 35 heavy (non-hydrogen) atoms. The summed E-state index contributed by atoms with van der Waals surface area (Å²) in [5.74, 6) is -4.45. The third-order valence-corrected chi connectivity index (χ3v) is 5.75. The van der Waals surface area contributed by atoms with E-state index in [4.69, 9.17) is 0 Å². The van der Waals surface area contributed by atoms with Crippen LogP contribution in [0.25, 0.3) is 0 Å². The van der Waals surface area contributed by atoms with Crippen molar-refractivity contribution < 1.29 is 34.5 Å². The van der Waals surface area contributed by atoms with Crippen molar-refractivity contribution in [2.45, 2.75) is 128 Å². The van der Waals surface area contributed by atoms with Crippen molar-refractivity contribution in [2.75, 3.05) is 34.2 Å². The van der Waals surface area contributed by atoms with Crippen LogP contribution in [0.3, 0.4) is 0 Å². The fourth-order valence-corrected chi connectivity index (χ4v) is 3.79.